The lowest BCUT2D eigenvalue weighted by Gasteiger charge is -2.36. The number of aromatic nitrogens is 4. The SMILES string of the molecule is Cc1c(F)ccc2cc([C@H](C)Nc3ncnc4cnccc34)c(N3CCN(CC(=O)O)CC3)nc12. The number of aryl methyl sites for hydroxylation is 1. The van der Waals surface area contributed by atoms with Crippen molar-refractivity contribution in [2.45, 2.75) is 19.9 Å². The Kier molecular flexibility index (Phi) is 6.12. The van der Waals surface area contributed by atoms with Crippen molar-refractivity contribution in [3.8, 4) is 0 Å². The zero-order valence-electron chi connectivity index (χ0n) is 19.6. The van der Waals surface area contributed by atoms with Gasteiger partial charge in [-0.2, -0.15) is 0 Å². The van der Waals surface area contributed by atoms with Gasteiger partial charge in [-0.05, 0) is 38.1 Å². The van der Waals surface area contributed by atoms with E-state index in [2.05, 4.69) is 31.2 Å². The van der Waals surface area contributed by atoms with Gasteiger partial charge in [0, 0.05) is 54.3 Å². The van der Waals surface area contributed by atoms with Crippen LogP contribution in [0.2, 0.25) is 0 Å². The van der Waals surface area contributed by atoms with Crippen LogP contribution in [-0.4, -0.2) is 68.6 Å². The Morgan fingerprint density at radius 2 is 2.00 bits per heavy atom. The molecule has 0 spiro atoms. The van der Waals surface area contributed by atoms with Gasteiger partial charge in [-0.25, -0.2) is 19.3 Å². The summed E-state index contributed by atoms with van der Waals surface area (Å²) >= 11 is 0. The number of piperazine rings is 1. The minimum atomic E-state index is -0.834. The van der Waals surface area contributed by atoms with Crippen molar-refractivity contribution in [1.82, 2.24) is 24.8 Å². The van der Waals surface area contributed by atoms with Crippen molar-refractivity contribution < 1.29 is 14.3 Å². The number of anilines is 2. The largest absolute Gasteiger partial charge is 0.480 e. The van der Waals surface area contributed by atoms with Crippen LogP contribution in [0.15, 0.2) is 43.0 Å². The van der Waals surface area contributed by atoms with E-state index in [0.29, 0.717) is 43.1 Å². The second-order valence-electron chi connectivity index (χ2n) is 8.78. The van der Waals surface area contributed by atoms with Gasteiger partial charge in [-0.1, -0.05) is 0 Å². The molecular weight excluding hydrogens is 449 g/mol. The van der Waals surface area contributed by atoms with Gasteiger partial charge in [-0.15, -0.1) is 0 Å². The molecular formula is C25H26FN7O2. The first kappa shape index (κ1) is 22.9. The fourth-order valence-corrected chi connectivity index (χ4v) is 4.55. The van der Waals surface area contributed by atoms with E-state index >= 15 is 0 Å². The van der Waals surface area contributed by atoms with E-state index < -0.39 is 5.97 Å². The number of benzene rings is 1. The Hall–Kier alpha value is -3.92. The van der Waals surface area contributed by atoms with Gasteiger partial charge in [0.15, 0.2) is 0 Å². The summed E-state index contributed by atoms with van der Waals surface area (Å²) in [4.78, 5) is 33.0. The molecule has 2 N–H and O–H groups in total. The van der Waals surface area contributed by atoms with Crippen LogP contribution in [0.5, 0.6) is 0 Å². The number of carboxylic acids is 1. The Morgan fingerprint density at radius 1 is 1.20 bits per heavy atom. The maximum Gasteiger partial charge on any atom is 0.317 e. The Labute approximate surface area is 201 Å². The number of hydrogen-bond donors (Lipinski definition) is 2. The van der Waals surface area contributed by atoms with Crippen LogP contribution in [0.3, 0.4) is 0 Å². The van der Waals surface area contributed by atoms with Gasteiger partial charge >= 0.3 is 5.97 Å². The third kappa shape index (κ3) is 4.57. The van der Waals surface area contributed by atoms with Crippen LogP contribution in [0.4, 0.5) is 16.0 Å². The fraction of sp³-hybridized carbons (Fsp3) is 0.320. The van der Waals surface area contributed by atoms with E-state index in [1.165, 1.54) is 12.4 Å². The molecule has 3 aromatic heterocycles. The number of pyridine rings is 2. The molecule has 0 saturated carbocycles. The van der Waals surface area contributed by atoms with Crippen molar-refractivity contribution >= 4 is 39.4 Å². The van der Waals surface area contributed by atoms with Gasteiger partial charge in [0.05, 0.1) is 29.8 Å². The van der Waals surface area contributed by atoms with E-state index in [0.717, 1.165) is 27.7 Å². The molecule has 0 unspecified atom stereocenters. The van der Waals surface area contributed by atoms with Crippen LogP contribution < -0.4 is 10.2 Å². The lowest BCUT2D eigenvalue weighted by molar-refractivity contribution is -0.138. The van der Waals surface area contributed by atoms with Crippen molar-refractivity contribution in [3.05, 3.63) is 59.9 Å². The fourth-order valence-electron chi connectivity index (χ4n) is 4.55. The summed E-state index contributed by atoms with van der Waals surface area (Å²) < 4.78 is 14.3. The Bertz CT molecular complexity index is 1400. The average Bonchev–Trinajstić information content (AvgIpc) is 2.86. The van der Waals surface area contributed by atoms with Crippen molar-refractivity contribution in [1.29, 1.82) is 0 Å². The molecule has 1 aliphatic heterocycles. The highest BCUT2D eigenvalue weighted by molar-refractivity contribution is 5.89. The molecule has 1 atom stereocenters. The number of rotatable bonds is 6. The minimum absolute atomic E-state index is 0.0176. The molecule has 0 bridgehead atoms. The van der Waals surface area contributed by atoms with Crippen LogP contribution in [-0.2, 0) is 4.79 Å². The first-order valence-corrected chi connectivity index (χ1v) is 11.5. The molecule has 10 heteroatoms. The normalized spacial score (nSPS) is 15.5. The zero-order chi connectivity index (χ0) is 24.5. The van der Waals surface area contributed by atoms with E-state index in [4.69, 9.17) is 10.1 Å². The molecule has 0 amide bonds. The lowest BCUT2D eigenvalue weighted by atomic mass is 10.0. The van der Waals surface area contributed by atoms with Crippen molar-refractivity contribution in [2.24, 2.45) is 0 Å². The molecule has 35 heavy (non-hydrogen) atoms. The monoisotopic (exact) mass is 475 g/mol. The average molecular weight is 476 g/mol. The predicted octanol–water partition coefficient (Wildman–Crippen LogP) is 3.40. The topological polar surface area (TPSA) is 107 Å². The van der Waals surface area contributed by atoms with Crippen LogP contribution >= 0.6 is 0 Å². The third-order valence-electron chi connectivity index (χ3n) is 6.47. The molecule has 1 fully saturated rings. The molecule has 1 saturated heterocycles. The van der Waals surface area contributed by atoms with Crippen LogP contribution in [0.25, 0.3) is 21.8 Å². The number of aliphatic carboxylic acids is 1. The second kappa shape index (κ2) is 9.38. The first-order valence-electron chi connectivity index (χ1n) is 11.5. The van der Waals surface area contributed by atoms with Gasteiger partial charge < -0.3 is 15.3 Å². The van der Waals surface area contributed by atoms with Crippen molar-refractivity contribution in [2.75, 3.05) is 42.9 Å². The number of carbonyl (C=O) groups is 1. The molecule has 5 rings (SSSR count). The molecule has 4 aromatic rings. The summed E-state index contributed by atoms with van der Waals surface area (Å²) in [5.74, 6) is 0.333. The summed E-state index contributed by atoms with van der Waals surface area (Å²) in [6.45, 7) is 6.27. The highest BCUT2D eigenvalue weighted by atomic mass is 19.1. The third-order valence-corrected chi connectivity index (χ3v) is 6.47. The number of fused-ring (bicyclic) bond motifs is 2. The van der Waals surface area contributed by atoms with E-state index in [1.807, 2.05) is 17.9 Å². The van der Waals surface area contributed by atoms with Crippen molar-refractivity contribution in [3.63, 3.8) is 0 Å². The number of halogens is 1. The summed E-state index contributed by atoms with van der Waals surface area (Å²) in [6.07, 6.45) is 4.91. The van der Waals surface area contributed by atoms with E-state index in [9.17, 15) is 9.18 Å². The molecule has 0 aliphatic carbocycles. The summed E-state index contributed by atoms with van der Waals surface area (Å²) in [6, 6.07) is 6.97. The highest BCUT2D eigenvalue weighted by Crippen LogP contribution is 2.33. The van der Waals surface area contributed by atoms with Crippen LogP contribution in [0, 0.1) is 12.7 Å². The summed E-state index contributed by atoms with van der Waals surface area (Å²) in [5.41, 5.74) is 2.84. The summed E-state index contributed by atoms with van der Waals surface area (Å²) in [5, 5.41) is 14.4. The number of nitrogens with zero attached hydrogens (tertiary/aromatic N) is 6. The quantitative estimate of drug-likeness (QED) is 0.434. The lowest BCUT2D eigenvalue weighted by Crippen LogP contribution is -2.48. The Balaban J connectivity index is 1.53. The maximum atomic E-state index is 14.3. The highest BCUT2D eigenvalue weighted by Gasteiger charge is 2.25. The second-order valence-corrected chi connectivity index (χ2v) is 8.78. The molecule has 0 radical (unpaired) electrons. The summed E-state index contributed by atoms with van der Waals surface area (Å²) in [7, 11) is 0. The first-order chi connectivity index (χ1) is 16.9. The minimum Gasteiger partial charge on any atom is -0.480 e. The maximum absolute atomic E-state index is 14.3. The molecule has 4 heterocycles. The van der Waals surface area contributed by atoms with Gasteiger partial charge in [0.1, 0.15) is 23.8 Å². The van der Waals surface area contributed by atoms with Gasteiger partial charge in [0.2, 0.25) is 0 Å². The molecule has 9 nitrogen and oxygen atoms in total. The number of hydrogen-bond acceptors (Lipinski definition) is 8. The molecule has 1 aromatic carbocycles. The van der Waals surface area contributed by atoms with Gasteiger partial charge in [0.25, 0.3) is 0 Å². The van der Waals surface area contributed by atoms with Gasteiger partial charge in [-0.3, -0.25) is 14.7 Å². The molecule has 1 aliphatic rings. The Morgan fingerprint density at radius 3 is 2.77 bits per heavy atom. The number of nitrogens with one attached hydrogen (secondary N) is 1. The zero-order valence-corrected chi connectivity index (χ0v) is 19.6. The molecule has 180 valence electrons. The van der Waals surface area contributed by atoms with E-state index in [-0.39, 0.29) is 18.4 Å². The van der Waals surface area contributed by atoms with E-state index in [1.54, 1.807) is 25.4 Å². The smallest absolute Gasteiger partial charge is 0.317 e. The van der Waals surface area contributed by atoms with Crippen LogP contribution in [0.1, 0.15) is 24.1 Å². The number of carboxylic acid groups (broad SMARTS) is 1. The standard InChI is InChI=1S/C25H26FN7O2/c1-15-20(26)4-3-17-11-19(16(2)30-24-18-5-6-27-12-21(18)28-14-29-24)25(31-23(15)17)33-9-7-32(8-10-33)13-22(34)35/h3-6,11-12,14,16H,7-10,13H2,1-2H3,(H,34,35)(H,28,29,30)/t16-/m0/s1. The predicted molar refractivity (Wildman–Crippen MR) is 132 cm³/mol.